The predicted octanol–water partition coefficient (Wildman–Crippen LogP) is 0.341. The van der Waals surface area contributed by atoms with Gasteiger partial charge in [-0.15, -0.1) is 0 Å². The van der Waals surface area contributed by atoms with E-state index in [4.69, 9.17) is 9.94 Å². The highest BCUT2D eigenvalue weighted by atomic mass is 16.7. The lowest BCUT2D eigenvalue weighted by Gasteiger charge is -2.31. The zero-order chi connectivity index (χ0) is 12.1. The lowest BCUT2D eigenvalue weighted by Crippen LogP contribution is -2.51. The first kappa shape index (κ1) is 13.9. The smallest absolute Gasteiger partial charge is 0.404 e. The fraction of sp³-hybridized carbons (Fsp3) is 0.778. The van der Waals surface area contributed by atoms with Gasteiger partial charge in [0, 0.05) is 19.0 Å². The number of hydrogen-bond acceptors (Lipinski definition) is 4. The molecule has 0 rings (SSSR count). The van der Waals surface area contributed by atoms with Crippen molar-refractivity contribution in [2.24, 2.45) is 5.41 Å². The summed E-state index contributed by atoms with van der Waals surface area (Å²) in [5.41, 5.74) is -0.773. The molecule has 1 unspecified atom stereocenters. The third-order valence-corrected chi connectivity index (χ3v) is 2.25. The molecule has 0 aromatic heterocycles. The quantitative estimate of drug-likeness (QED) is 0.496. The third kappa shape index (κ3) is 4.75. The Balaban J connectivity index is 4.57. The van der Waals surface area contributed by atoms with Gasteiger partial charge in [-0.25, -0.2) is 4.79 Å². The van der Waals surface area contributed by atoms with Crippen LogP contribution in [0.3, 0.4) is 0 Å². The highest BCUT2D eigenvalue weighted by Crippen LogP contribution is 2.18. The highest BCUT2D eigenvalue weighted by molar-refractivity contribution is 5.67. The van der Waals surface area contributed by atoms with Crippen LogP contribution < -0.4 is 5.32 Å². The molecule has 0 saturated heterocycles. The number of carboxylic acid groups (broad SMARTS) is 1. The first-order chi connectivity index (χ1) is 6.83. The molecule has 88 valence electrons. The summed E-state index contributed by atoms with van der Waals surface area (Å²) in [4.78, 5) is 26.3. The maximum absolute atomic E-state index is 10.8. The highest BCUT2D eigenvalue weighted by Gasteiger charge is 2.31. The van der Waals surface area contributed by atoms with Crippen LogP contribution in [0.1, 0.15) is 13.8 Å². The van der Waals surface area contributed by atoms with Gasteiger partial charge >= 0.3 is 6.09 Å². The molecular formula is C9H18N2O4. The van der Waals surface area contributed by atoms with Crippen molar-refractivity contribution in [3.05, 3.63) is 0 Å². The number of hydrogen-bond donors (Lipinski definition) is 2. The monoisotopic (exact) mass is 218 g/mol. The summed E-state index contributed by atoms with van der Waals surface area (Å²) in [6.07, 6.45) is -0.420. The largest absolute Gasteiger partial charge is 0.465 e. The molecule has 0 aromatic carbocycles. The fourth-order valence-corrected chi connectivity index (χ4v) is 1.03. The molecule has 0 heterocycles. The molecule has 1 amide bonds. The van der Waals surface area contributed by atoms with Gasteiger partial charge in [-0.3, -0.25) is 0 Å². The Bertz CT molecular complexity index is 230. The van der Waals surface area contributed by atoms with Gasteiger partial charge in [-0.1, -0.05) is 13.8 Å². The van der Waals surface area contributed by atoms with E-state index in [9.17, 15) is 9.59 Å². The summed E-state index contributed by atoms with van der Waals surface area (Å²) in [5.74, 6) is 0. The summed E-state index contributed by atoms with van der Waals surface area (Å²) in [6.45, 7) is 3.64. The number of carbonyl (C=O) groups is 2. The van der Waals surface area contributed by atoms with Crippen LogP contribution in [-0.4, -0.2) is 49.3 Å². The van der Waals surface area contributed by atoms with Gasteiger partial charge in [-0.2, -0.15) is 5.06 Å². The topological polar surface area (TPSA) is 78.9 Å². The molecule has 6 heteroatoms. The van der Waals surface area contributed by atoms with Crippen molar-refractivity contribution in [2.45, 2.75) is 19.9 Å². The molecule has 0 spiro atoms. The number of nitrogens with one attached hydrogen (secondary N) is 1. The molecule has 0 aliphatic carbocycles. The Hall–Kier alpha value is -1.14. The van der Waals surface area contributed by atoms with Gasteiger partial charge in [0.2, 0.25) is 0 Å². The Morgan fingerprint density at radius 3 is 2.53 bits per heavy atom. The molecule has 0 saturated carbocycles. The summed E-state index contributed by atoms with van der Waals surface area (Å²) < 4.78 is 0. The average molecular weight is 218 g/mol. The van der Waals surface area contributed by atoms with Crippen molar-refractivity contribution in [2.75, 3.05) is 20.7 Å². The van der Waals surface area contributed by atoms with Gasteiger partial charge in [-0.05, 0) is 0 Å². The van der Waals surface area contributed by atoms with E-state index in [2.05, 4.69) is 5.32 Å². The molecule has 0 aliphatic rings. The lowest BCUT2D eigenvalue weighted by atomic mass is 9.86. The molecule has 0 fully saturated rings. The minimum Gasteiger partial charge on any atom is -0.465 e. The van der Waals surface area contributed by atoms with Gasteiger partial charge in [0.05, 0.1) is 13.2 Å². The molecule has 0 bridgehead atoms. The second-order valence-corrected chi connectivity index (χ2v) is 3.93. The van der Waals surface area contributed by atoms with E-state index in [-0.39, 0.29) is 0 Å². The van der Waals surface area contributed by atoms with E-state index >= 15 is 0 Å². The molecular weight excluding hydrogens is 200 g/mol. The minimum absolute atomic E-state index is 0.300. The second-order valence-electron chi connectivity index (χ2n) is 3.93. The van der Waals surface area contributed by atoms with Gasteiger partial charge in [0.25, 0.3) is 0 Å². The zero-order valence-corrected chi connectivity index (χ0v) is 9.48. The lowest BCUT2D eigenvalue weighted by molar-refractivity contribution is -0.128. The van der Waals surface area contributed by atoms with Crippen LogP contribution in [0.25, 0.3) is 0 Å². The molecule has 0 aliphatic heterocycles. The predicted molar refractivity (Wildman–Crippen MR) is 54.4 cm³/mol. The van der Waals surface area contributed by atoms with Crippen molar-refractivity contribution >= 4 is 12.4 Å². The number of amides is 1. The molecule has 6 nitrogen and oxygen atoms in total. The number of nitrogens with zero attached hydrogens (tertiary/aromatic N) is 1. The van der Waals surface area contributed by atoms with E-state index in [0.29, 0.717) is 6.54 Å². The number of hydroxylamine groups is 2. The minimum atomic E-state index is -1.15. The summed E-state index contributed by atoms with van der Waals surface area (Å²) in [7, 11) is 3.14. The molecule has 1 atom stereocenters. The summed E-state index contributed by atoms with van der Waals surface area (Å²) in [5, 5.41) is 12.4. The van der Waals surface area contributed by atoms with Crippen LogP contribution in [0.2, 0.25) is 0 Å². The van der Waals surface area contributed by atoms with Crippen molar-refractivity contribution in [1.82, 2.24) is 10.4 Å². The Morgan fingerprint density at radius 2 is 2.20 bits per heavy atom. The van der Waals surface area contributed by atoms with Crippen LogP contribution >= 0.6 is 0 Å². The third-order valence-electron chi connectivity index (χ3n) is 2.25. The number of likely N-dealkylation sites (N-methyl/N-ethyl adjacent to an activating group) is 1. The second kappa shape index (κ2) is 5.67. The van der Waals surface area contributed by atoms with E-state index < -0.39 is 17.6 Å². The maximum Gasteiger partial charge on any atom is 0.404 e. The van der Waals surface area contributed by atoms with E-state index in [1.807, 2.05) is 0 Å². The van der Waals surface area contributed by atoms with Crippen LogP contribution in [0.5, 0.6) is 0 Å². The average Bonchev–Trinajstić information content (AvgIpc) is 2.15. The SMILES string of the molecule is CON(C)CC(NC(=O)O)C(C)(C)C=O. The standard InChI is InChI=1S/C9H18N2O4/c1-9(2,6-12)7(10-8(13)14)5-11(3)15-4/h6-7,10H,5H2,1-4H3,(H,13,14). The van der Waals surface area contributed by atoms with Crippen molar-refractivity contribution < 1.29 is 19.5 Å². The van der Waals surface area contributed by atoms with Crippen LogP contribution in [0, 0.1) is 5.41 Å². The first-order valence-electron chi connectivity index (χ1n) is 4.54. The van der Waals surface area contributed by atoms with Gasteiger partial charge < -0.3 is 20.1 Å². The first-order valence-corrected chi connectivity index (χ1v) is 4.54. The normalized spacial score (nSPS) is 13.7. The molecule has 15 heavy (non-hydrogen) atoms. The molecule has 0 aromatic rings. The zero-order valence-electron chi connectivity index (χ0n) is 9.48. The number of rotatable bonds is 6. The van der Waals surface area contributed by atoms with E-state index in [1.165, 1.54) is 12.2 Å². The Kier molecular flexibility index (Phi) is 5.24. The summed E-state index contributed by atoms with van der Waals surface area (Å²) >= 11 is 0. The van der Waals surface area contributed by atoms with Crippen molar-refractivity contribution in [3.8, 4) is 0 Å². The van der Waals surface area contributed by atoms with Crippen LogP contribution in [-0.2, 0) is 9.63 Å². The molecule has 2 N–H and O–H groups in total. The van der Waals surface area contributed by atoms with Gasteiger partial charge in [0.15, 0.2) is 0 Å². The van der Waals surface area contributed by atoms with Crippen molar-refractivity contribution in [3.63, 3.8) is 0 Å². The number of aldehydes is 1. The molecule has 0 radical (unpaired) electrons. The van der Waals surface area contributed by atoms with E-state index in [0.717, 1.165) is 6.29 Å². The van der Waals surface area contributed by atoms with Crippen LogP contribution in [0.4, 0.5) is 4.79 Å². The fourth-order valence-electron chi connectivity index (χ4n) is 1.03. The van der Waals surface area contributed by atoms with Gasteiger partial charge in [0.1, 0.15) is 6.29 Å². The van der Waals surface area contributed by atoms with Crippen LogP contribution in [0.15, 0.2) is 0 Å². The Morgan fingerprint density at radius 1 is 1.67 bits per heavy atom. The van der Waals surface area contributed by atoms with Crippen molar-refractivity contribution in [1.29, 1.82) is 0 Å². The van der Waals surface area contributed by atoms with E-state index in [1.54, 1.807) is 20.9 Å². The summed E-state index contributed by atoms with van der Waals surface area (Å²) in [6, 6.07) is -0.516. The number of carbonyl (C=O) groups excluding carboxylic acids is 1. The maximum atomic E-state index is 10.8. The Labute approximate surface area is 89.2 Å².